The molecule has 0 saturated heterocycles. The number of carbonyl (C=O) groups excluding carboxylic acids is 1. The molecule has 2 unspecified atom stereocenters. The molecule has 0 amide bonds. The second-order valence-corrected chi connectivity index (χ2v) is 7.97. The van der Waals surface area contributed by atoms with E-state index in [4.69, 9.17) is 4.74 Å². The van der Waals surface area contributed by atoms with Crippen molar-refractivity contribution in [2.24, 2.45) is 5.10 Å². The number of ether oxygens (including phenoxy) is 1. The third-order valence-electron chi connectivity index (χ3n) is 5.19. The number of hydrazone groups is 1. The molecule has 0 fully saturated rings. The topological polar surface area (TPSA) is 41.9 Å². The molecule has 3 aromatic rings. The molecule has 154 valence electrons. The van der Waals surface area contributed by atoms with Crippen molar-refractivity contribution in [2.75, 3.05) is 12.1 Å². The van der Waals surface area contributed by atoms with Crippen molar-refractivity contribution in [3.05, 3.63) is 87.9 Å². The Balaban J connectivity index is 1.97. The molecule has 4 nitrogen and oxygen atoms in total. The second kappa shape index (κ2) is 7.60. The summed E-state index contributed by atoms with van der Waals surface area (Å²) in [5.41, 5.74) is -0.492. The van der Waals surface area contributed by atoms with Crippen LogP contribution in [-0.4, -0.2) is 24.3 Å². The van der Waals surface area contributed by atoms with Gasteiger partial charge in [-0.3, -0.25) is 0 Å². The molecule has 1 aliphatic heterocycles. The molecule has 0 radical (unpaired) electrons. The molecule has 2 aromatic carbocycles. The van der Waals surface area contributed by atoms with Crippen LogP contribution in [0.2, 0.25) is 0 Å². The average Bonchev–Trinajstić information content (AvgIpc) is 3.35. The fraction of sp³-hybridized carbons (Fsp3) is 0.182. The number of nitrogens with zero attached hydrogens (tertiary/aromatic N) is 2. The lowest BCUT2D eigenvalue weighted by Crippen LogP contribution is -2.52. The van der Waals surface area contributed by atoms with Gasteiger partial charge in [0, 0.05) is 10.9 Å². The van der Waals surface area contributed by atoms with E-state index in [9.17, 15) is 18.0 Å². The molecular formula is C22H17F3N2O2S. The van der Waals surface area contributed by atoms with Crippen LogP contribution < -0.4 is 5.01 Å². The Kier molecular flexibility index (Phi) is 5.11. The minimum absolute atomic E-state index is 0.0667. The number of thiophene rings is 1. The highest BCUT2D eigenvalue weighted by Gasteiger charge is 2.56. The molecule has 4 rings (SSSR count). The van der Waals surface area contributed by atoms with Crippen molar-refractivity contribution in [1.29, 1.82) is 0 Å². The summed E-state index contributed by atoms with van der Waals surface area (Å²) < 4.78 is 46.8. The summed E-state index contributed by atoms with van der Waals surface area (Å²) in [7, 11) is 1.24. The summed E-state index contributed by atoms with van der Waals surface area (Å²) in [4.78, 5) is 13.8. The van der Waals surface area contributed by atoms with E-state index in [0.717, 1.165) is 17.0 Å². The van der Waals surface area contributed by atoms with Gasteiger partial charge in [-0.25, -0.2) is 23.0 Å². The number of halogens is 3. The Bertz CT molecular complexity index is 1120. The minimum Gasteiger partial charge on any atom is -0.467 e. The summed E-state index contributed by atoms with van der Waals surface area (Å²) >= 11 is 1.41. The number of benzene rings is 2. The van der Waals surface area contributed by atoms with Crippen LogP contribution in [0.25, 0.3) is 0 Å². The van der Waals surface area contributed by atoms with Crippen molar-refractivity contribution in [3.8, 4) is 0 Å². The number of hydrogen-bond acceptors (Lipinski definition) is 5. The lowest BCUT2D eigenvalue weighted by Gasteiger charge is -2.36. The molecule has 2 heterocycles. The number of hydrogen-bond donors (Lipinski definition) is 0. The Morgan fingerprint density at radius 2 is 1.80 bits per heavy atom. The summed E-state index contributed by atoms with van der Waals surface area (Å²) in [6.45, 7) is 1.60. The Labute approximate surface area is 175 Å². The van der Waals surface area contributed by atoms with E-state index in [2.05, 4.69) is 5.10 Å². The smallest absolute Gasteiger partial charge is 0.334 e. The monoisotopic (exact) mass is 430 g/mol. The maximum absolute atomic E-state index is 14.7. The maximum Gasteiger partial charge on any atom is 0.334 e. The standard InChI is InChI=1S/C22H17F3N2O2S/c1-22(21(28)29-2)19(18-4-3-11-30-18)20(13-5-7-14(23)8-6-13)26-27(22)17-10-9-15(24)12-16(17)25/h3-12,19H,1-2H3. The summed E-state index contributed by atoms with van der Waals surface area (Å²) in [6.07, 6.45) is 0. The highest BCUT2D eigenvalue weighted by Crippen LogP contribution is 2.47. The van der Waals surface area contributed by atoms with Gasteiger partial charge in [-0.2, -0.15) is 5.10 Å². The van der Waals surface area contributed by atoms with E-state index in [0.29, 0.717) is 11.3 Å². The van der Waals surface area contributed by atoms with Gasteiger partial charge < -0.3 is 4.74 Å². The molecule has 0 aliphatic carbocycles. The highest BCUT2D eigenvalue weighted by molar-refractivity contribution is 7.10. The van der Waals surface area contributed by atoms with E-state index in [1.807, 2.05) is 17.5 Å². The van der Waals surface area contributed by atoms with Crippen LogP contribution in [-0.2, 0) is 9.53 Å². The maximum atomic E-state index is 14.7. The summed E-state index contributed by atoms with van der Waals surface area (Å²) in [5, 5.41) is 7.67. The minimum atomic E-state index is -1.46. The number of methoxy groups -OCH3 is 1. The van der Waals surface area contributed by atoms with Crippen LogP contribution in [0, 0.1) is 17.5 Å². The van der Waals surface area contributed by atoms with Gasteiger partial charge in [0.05, 0.1) is 24.4 Å². The van der Waals surface area contributed by atoms with E-state index in [-0.39, 0.29) is 5.69 Å². The molecule has 0 saturated carbocycles. The zero-order valence-electron chi connectivity index (χ0n) is 16.1. The van der Waals surface area contributed by atoms with E-state index in [1.165, 1.54) is 41.7 Å². The Hall–Kier alpha value is -3.13. The van der Waals surface area contributed by atoms with Gasteiger partial charge in [-0.05, 0) is 48.2 Å². The van der Waals surface area contributed by atoms with Gasteiger partial charge in [-0.15, -0.1) is 11.3 Å². The molecule has 1 aromatic heterocycles. The van der Waals surface area contributed by atoms with E-state index in [1.54, 1.807) is 19.1 Å². The quantitative estimate of drug-likeness (QED) is 0.541. The predicted molar refractivity (Wildman–Crippen MR) is 109 cm³/mol. The van der Waals surface area contributed by atoms with Crippen LogP contribution in [0.1, 0.15) is 23.3 Å². The number of rotatable bonds is 4. The first-order chi connectivity index (χ1) is 14.4. The normalized spacial score (nSPS) is 20.9. The number of esters is 1. The van der Waals surface area contributed by atoms with Crippen LogP contribution in [0.3, 0.4) is 0 Å². The Morgan fingerprint density at radius 1 is 1.10 bits per heavy atom. The average molecular weight is 430 g/mol. The van der Waals surface area contributed by atoms with Crippen LogP contribution in [0.4, 0.5) is 18.9 Å². The van der Waals surface area contributed by atoms with Crippen molar-refractivity contribution in [2.45, 2.75) is 18.4 Å². The molecule has 0 bridgehead atoms. The second-order valence-electron chi connectivity index (χ2n) is 6.99. The van der Waals surface area contributed by atoms with Crippen molar-refractivity contribution in [3.63, 3.8) is 0 Å². The summed E-state index contributed by atoms with van der Waals surface area (Å²) in [5.74, 6) is -3.28. The first kappa shape index (κ1) is 20.2. The first-order valence-corrected chi connectivity index (χ1v) is 9.95. The Morgan fingerprint density at radius 3 is 2.40 bits per heavy atom. The SMILES string of the molecule is COC(=O)C1(C)C(c2cccs2)C(c2ccc(F)cc2)=NN1c1ccc(F)cc1F. The van der Waals surface area contributed by atoms with Gasteiger partial charge in [0.25, 0.3) is 0 Å². The van der Waals surface area contributed by atoms with Crippen molar-refractivity contribution in [1.82, 2.24) is 0 Å². The van der Waals surface area contributed by atoms with E-state index < -0.39 is 34.9 Å². The highest BCUT2D eigenvalue weighted by atomic mass is 32.1. The predicted octanol–water partition coefficient (Wildman–Crippen LogP) is 5.11. The molecular weight excluding hydrogens is 413 g/mol. The van der Waals surface area contributed by atoms with Gasteiger partial charge in [0.1, 0.15) is 11.6 Å². The molecule has 0 N–H and O–H groups in total. The number of anilines is 1. The third-order valence-corrected chi connectivity index (χ3v) is 6.12. The molecule has 2 atom stereocenters. The fourth-order valence-corrected chi connectivity index (χ4v) is 4.69. The molecule has 8 heteroatoms. The summed E-state index contributed by atoms with van der Waals surface area (Å²) in [6, 6.07) is 12.4. The van der Waals surface area contributed by atoms with Gasteiger partial charge in [0.2, 0.25) is 0 Å². The first-order valence-electron chi connectivity index (χ1n) is 9.07. The zero-order chi connectivity index (χ0) is 21.5. The van der Waals surface area contributed by atoms with Crippen molar-refractivity contribution >= 4 is 28.7 Å². The molecule has 0 spiro atoms. The van der Waals surface area contributed by atoms with Gasteiger partial charge in [-0.1, -0.05) is 18.2 Å². The zero-order valence-corrected chi connectivity index (χ0v) is 16.9. The van der Waals surface area contributed by atoms with Gasteiger partial charge in [0.15, 0.2) is 11.4 Å². The van der Waals surface area contributed by atoms with E-state index >= 15 is 0 Å². The largest absolute Gasteiger partial charge is 0.467 e. The van der Waals surface area contributed by atoms with Gasteiger partial charge >= 0.3 is 5.97 Å². The fourth-order valence-electron chi connectivity index (χ4n) is 3.74. The molecule has 1 aliphatic rings. The number of carbonyl (C=O) groups is 1. The lowest BCUT2D eigenvalue weighted by molar-refractivity contribution is -0.146. The van der Waals surface area contributed by atoms with Crippen molar-refractivity contribution < 1.29 is 22.7 Å². The van der Waals surface area contributed by atoms with Crippen LogP contribution in [0.5, 0.6) is 0 Å². The van der Waals surface area contributed by atoms with Crippen LogP contribution in [0.15, 0.2) is 65.1 Å². The third kappa shape index (κ3) is 3.17. The molecule has 30 heavy (non-hydrogen) atoms. The lowest BCUT2D eigenvalue weighted by atomic mass is 9.79. The van der Waals surface area contributed by atoms with Crippen LogP contribution >= 0.6 is 11.3 Å².